The summed E-state index contributed by atoms with van der Waals surface area (Å²) in [6.07, 6.45) is 3.93. The quantitative estimate of drug-likeness (QED) is 0.804. The second-order valence-corrected chi connectivity index (χ2v) is 7.48. The molecule has 2 heterocycles. The maximum Gasteiger partial charge on any atom is 0.0783 e. The van der Waals surface area contributed by atoms with Crippen molar-refractivity contribution in [2.45, 2.75) is 18.9 Å². The first-order valence-electron chi connectivity index (χ1n) is 8.10. The summed E-state index contributed by atoms with van der Waals surface area (Å²) in [6.45, 7) is 4.15. The van der Waals surface area contributed by atoms with Gasteiger partial charge in [0.25, 0.3) is 0 Å². The second kappa shape index (κ2) is 6.52. The summed E-state index contributed by atoms with van der Waals surface area (Å²) in [6, 6.07) is 8.61. The molecule has 2 aliphatic rings. The molecule has 2 aromatic rings. The van der Waals surface area contributed by atoms with Crippen molar-refractivity contribution in [2.75, 3.05) is 26.2 Å². The van der Waals surface area contributed by atoms with Crippen LogP contribution in [0.4, 0.5) is 0 Å². The zero-order valence-corrected chi connectivity index (χ0v) is 15.2. The van der Waals surface area contributed by atoms with Crippen molar-refractivity contribution < 1.29 is 0 Å². The first kappa shape index (κ1) is 15.6. The van der Waals surface area contributed by atoms with Gasteiger partial charge in [-0.2, -0.15) is 0 Å². The van der Waals surface area contributed by atoms with E-state index in [1.807, 2.05) is 12.3 Å². The van der Waals surface area contributed by atoms with Crippen LogP contribution in [0.5, 0.6) is 0 Å². The zero-order valence-electron chi connectivity index (χ0n) is 12.9. The maximum atomic E-state index is 6.26. The van der Waals surface area contributed by atoms with Crippen molar-refractivity contribution in [1.29, 1.82) is 0 Å². The molecule has 1 aromatic carbocycles. The van der Waals surface area contributed by atoms with E-state index in [-0.39, 0.29) is 6.04 Å². The molecule has 5 heteroatoms. The van der Waals surface area contributed by atoms with Crippen molar-refractivity contribution in [2.24, 2.45) is 0 Å². The van der Waals surface area contributed by atoms with E-state index in [1.54, 1.807) is 0 Å². The topological polar surface area (TPSA) is 28.2 Å². The number of nitrogens with zero attached hydrogens (tertiary/aromatic N) is 2. The number of aromatic nitrogens is 1. The molecule has 0 spiro atoms. The van der Waals surface area contributed by atoms with Crippen molar-refractivity contribution >= 4 is 27.5 Å². The number of piperazine rings is 1. The molecule has 1 N–H and O–H groups in total. The SMILES string of the molecule is Clc1ccc2c(c1)CCc1c(Br)ccnc1C2N1CCNCC1. The Morgan fingerprint density at radius 1 is 1.17 bits per heavy atom. The minimum absolute atomic E-state index is 0.222. The van der Waals surface area contributed by atoms with Crippen molar-refractivity contribution in [3.63, 3.8) is 0 Å². The van der Waals surface area contributed by atoms with E-state index in [4.69, 9.17) is 16.6 Å². The highest BCUT2D eigenvalue weighted by atomic mass is 79.9. The van der Waals surface area contributed by atoms with Crippen LogP contribution in [0.2, 0.25) is 5.02 Å². The summed E-state index contributed by atoms with van der Waals surface area (Å²) >= 11 is 9.99. The number of hydrogen-bond acceptors (Lipinski definition) is 3. The standard InChI is InChI=1S/C18H19BrClN3/c19-16-5-6-22-17-15(16)3-1-12-11-13(20)2-4-14(12)18(17)23-9-7-21-8-10-23/h2,4-6,11,18,21H,1,3,7-10H2. The van der Waals surface area contributed by atoms with Gasteiger partial charge in [0.1, 0.15) is 0 Å². The Labute approximate surface area is 150 Å². The summed E-state index contributed by atoms with van der Waals surface area (Å²) in [5.74, 6) is 0. The van der Waals surface area contributed by atoms with Gasteiger partial charge in [0.15, 0.2) is 0 Å². The Kier molecular flexibility index (Phi) is 4.41. The van der Waals surface area contributed by atoms with E-state index in [2.05, 4.69) is 44.3 Å². The molecule has 0 amide bonds. The average molecular weight is 393 g/mol. The van der Waals surface area contributed by atoms with Crippen LogP contribution >= 0.6 is 27.5 Å². The van der Waals surface area contributed by atoms with Crippen LogP contribution in [0.25, 0.3) is 0 Å². The molecule has 120 valence electrons. The molecule has 0 bridgehead atoms. The molecule has 1 saturated heterocycles. The lowest BCUT2D eigenvalue weighted by Gasteiger charge is -2.35. The number of rotatable bonds is 1. The first-order valence-corrected chi connectivity index (χ1v) is 9.27. The number of benzene rings is 1. The van der Waals surface area contributed by atoms with Gasteiger partial charge in [0.2, 0.25) is 0 Å². The fourth-order valence-corrected chi connectivity index (χ4v) is 4.46. The highest BCUT2D eigenvalue weighted by Gasteiger charge is 2.31. The van der Waals surface area contributed by atoms with E-state index in [9.17, 15) is 0 Å². The predicted molar refractivity (Wildman–Crippen MR) is 97.1 cm³/mol. The fourth-order valence-electron chi connectivity index (χ4n) is 3.74. The molecule has 0 saturated carbocycles. The van der Waals surface area contributed by atoms with E-state index >= 15 is 0 Å². The fraction of sp³-hybridized carbons (Fsp3) is 0.389. The van der Waals surface area contributed by atoms with Gasteiger partial charge in [-0.15, -0.1) is 0 Å². The van der Waals surface area contributed by atoms with Crippen LogP contribution in [0, 0.1) is 0 Å². The highest BCUT2D eigenvalue weighted by molar-refractivity contribution is 9.10. The van der Waals surface area contributed by atoms with Gasteiger partial charge in [-0.1, -0.05) is 33.6 Å². The summed E-state index contributed by atoms with van der Waals surface area (Å²) in [5, 5.41) is 4.27. The van der Waals surface area contributed by atoms with Gasteiger partial charge in [-0.3, -0.25) is 9.88 Å². The van der Waals surface area contributed by atoms with Gasteiger partial charge < -0.3 is 5.32 Å². The minimum atomic E-state index is 0.222. The summed E-state index contributed by atoms with van der Waals surface area (Å²) in [7, 11) is 0. The lowest BCUT2D eigenvalue weighted by Crippen LogP contribution is -2.45. The zero-order chi connectivity index (χ0) is 15.8. The van der Waals surface area contributed by atoms with E-state index in [1.165, 1.54) is 26.9 Å². The average Bonchev–Trinajstić information content (AvgIpc) is 2.73. The van der Waals surface area contributed by atoms with Crippen molar-refractivity contribution in [3.05, 3.63) is 62.3 Å². The number of fused-ring (bicyclic) bond motifs is 2. The Morgan fingerprint density at radius 3 is 2.83 bits per heavy atom. The molecule has 1 atom stereocenters. The largest absolute Gasteiger partial charge is 0.314 e. The third-order valence-electron chi connectivity index (χ3n) is 4.85. The van der Waals surface area contributed by atoms with Gasteiger partial charge in [0.05, 0.1) is 11.7 Å². The molecule has 23 heavy (non-hydrogen) atoms. The van der Waals surface area contributed by atoms with E-state index in [0.717, 1.165) is 44.0 Å². The maximum absolute atomic E-state index is 6.26. The van der Waals surface area contributed by atoms with Crippen molar-refractivity contribution in [1.82, 2.24) is 15.2 Å². The van der Waals surface area contributed by atoms with Crippen molar-refractivity contribution in [3.8, 4) is 0 Å². The minimum Gasteiger partial charge on any atom is -0.314 e. The van der Waals surface area contributed by atoms with E-state index < -0.39 is 0 Å². The highest BCUT2D eigenvalue weighted by Crippen LogP contribution is 2.38. The number of aryl methyl sites for hydroxylation is 1. The summed E-state index contributed by atoms with van der Waals surface area (Å²) in [5.41, 5.74) is 5.25. The normalized spacial score (nSPS) is 21.4. The molecule has 1 fully saturated rings. The lowest BCUT2D eigenvalue weighted by molar-refractivity contribution is 0.195. The van der Waals surface area contributed by atoms with Gasteiger partial charge >= 0.3 is 0 Å². The van der Waals surface area contributed by atoms with Gasteiger partial charge in [0, 0.05) is 41.9 Å². The molecule has 3 nitrogen and oxygen atoms in total. The summed E-state index contributed by atoms with van der Waals surface area (Å²) in [4.78, 5) is 7.34. The molecule has 4 rings (SSSR count). The molecule has 1 aliphatic heterocycles. The number of halogens is 2. The van der Waals surface area contributed by atoms with Crippen LogP contribution in [0.15, 0.2) is 34.9 Å². The third kappa shape index (κ3) is 2.93. The molecule has 1 unspecified atom stereocenters. The molecular weight excluding hydrogens is 374 g/mol. The van der Waals surface area contributed by atoms with Crippen LogP contribution in [-0.2, 0) is 12.8 Å². The molecule has 1 aromatic heterocycles. The molecule has 0 radical (unpaired) electrons. The Bertz CT molecular complexity index is 728. The Morgan fingerprint density at radius 2 is 2.00 bits per heavy atom. The molecule has 1 aliphatic carbocycles. The number of hydrogen-bond donors (Lipinski definition) is 1. The predicted octanol–water partition coefficient (Wildman–Crippen LogP) is 3.59. The van der Waals surface area contributed by atoms with Crippen LogP contribution < -0.4 is 5.32 Å². The Balaban J connectivity index is 1.88. The van der Waals surface area contributed by atoms with E-state index in [0.29, 0.717) is 0 Å². The lowest BCUT2D eigenvalue weighted by atomic mass is 9.96. The van der Waals surface area contributed by atoms with Crippen LogP contribution in [0.1, 0.15) is 28.4 Å². The van der Waals surface area contributed by atoms with Crippen LogP contribution in [-0.4, -0.2) is 36.1 Å². The third-order valence-corrected chi connectivity index (χ3v) is 5.83. The Hall–Kier alpha value is -0.940. The van der Waals surface area contributed by atoms with Gasteiger partial charge in [-0.25, -0.2) is 0 Å². The van der Waals surface area contributed by atoms with Gasteiger partial charge in [-0.05, 0) is 47.7 Å². The number of nitrogens with one attached hydrogen (secondary N) is 1. The monoisotopic (exact) mass is 391 g/mol. The summed E-state index contributed by atoms with van der Waals surface area (Å²) < 4.78 is 1.17. The van der Waals surface area contributed by atoms with Crippen LogP contribution in [0.3, 0.4) is 0 Å². The number of pyridine rings is 1. The smallest absolute Gasteiger partial charge is 0.0783 e. The second-order valence-electron chi connectivity index (χ2n) is 6.19. The molecular formula is C18H19BrClN3. The first-order chi connectivity index (χ1) is 11.2.